The van der Waals surface area contributed by atoms with Crippen molar-refractivity contribution in [2.24, 2.45) is 0 Å². The molecule has 0 aromatic heterocycles. The number of anilines is 2. The summed E-state index contributed by atoms with van der Waals surface area (Å²) < 4.78 is 58.4. The molecule has 0 atom stereocenters. The Bertz CT molecular complexity index is 1310. The standard InChI is InChI=1S/C21H17F2N3O6S/c1-2-32-20-10-3-13(11-19(20)26(28)29)21(27)24-14-4-6-15(7-5-14)25-33(30,31)16-8-9-17(22)18(23)12-16/h3-12,25H,2H2,1H3,(H,24,27). The fourth-order valence-electron chi connectivity index (χ4n) is 2.76. The molecule has 0 aliphatic carbocycles. The summed E-state index contributed by atoms with van der Waals surface area (Å²) in [4.78, 5) is 22.6. The highest BCUT2D eigenvalue weighted by Crippen LogP contribution is 2.28. The lowest BCUT2D eigenvalue weighted by Gasteiger charge is -2.10. The Balaban J connectivity index is 1.73. The first-order chi connectivity index (χ1) is 15.6. The second-order valence-corrected chi connectivity index (χ2v) is 8.27. The Morgan fingerprint density at radius 1 is 1.00 bits per heavy atom. The molecule has 0 radical (unpaired) electrons. The van der Waals surface area contributed by atoms with Crippen LogP contribution >= 0.6 is 0 Å². The largest absolute Gasteiger partial charge is 0.487 e. The number of ether oxygens (including phenoxy) is 1. The zero-order chi connectivity index (χ0) is 24.2. The Morgan fingerprint density at radius 2 is 1.67 bits per heavy atom. The van der Waals surface area contributed by atoms with E-state index >= 15 is 0 Å². The highest BCUT2D eigenvalue weighted by molar-refractivity contribution is 7.92. The van der Waals surface area contributed by atoms with Gasteiger partial charge in [-0.25, -0.2) is 17.2 Å². The first-order valence-electron chi connectivity index (χ1n) is 9.41. The number of hydrogen-bond donors (Lipinski definition) is 2. The van der Waals surface area contributed by atoms with Gasteiger partial charge in [0.1, 0.15) is 0 Å². The van der Waals surface area contributed by atoms with Gasteiger partial charge in [-0.3, -0.25) is 19.6 Å². The quantitative estimate of drug-likeness (QED) is 0.367. The fraction of sp³-hybridized carbons (Fsp3) is 0.0952. The molecule has 12 heteroatoms. The smallest absolute Gasteiger partial charge is 0.311 e. The Kier molecular flexibility index (Phi) is 6.87. The van der Waals surface area contributed by atoms with Gasteiger partial charge in [0, 0.05) is 23.0 Å². The Labute approximate surface area is 187 Å². The van der Waals surface area contributed by atoms with Gasteiger partial charge in [-0.2, -0.15) is 0 Å². The molecule has 33 heavy (non-hydrogen) atoms. The number of carbonyl (C=O) groups excluding carboxylic acids is 1. The fourth-order valence-corrected chi connectivity index (χ4v) is 3.83. The summed E-state index contributed by atoms with van der Waals surface area (Å²) >= 11 is 0. The molecule has 9 nitrogen and oxygen atoms in total. The van der Waals surface area contributed by atoms with Gasteiger partial charge < -0.3 is 10.1 Å². The van der Waals surface area contributed by atoms with Crippen molar-refractivity contribution in [3.63, 3.8) is 0 Å². The maximum Gasteiger partial charge on any atom is 0.311 e. The van der Waals surface area contributed by atoms with Gasteiger partial charge in [0.05, 0.1) is 16.4 Å². The summed E-state index contributed by atoms with van der Waals surface area (Å²) in [5.41, 5.74) is 0.0569. The van der Waals surface area contributed by atoms with Crippen LogP contribution in [0.15, 0.2) is 65.6 Å². The molecule has 0 aliphatic rings. The van der Waals surface area contributed by atoms with Crippen molar-refractivity contribution in [3.05, 3.63) is 88.0 Å². The van der Waals surface area contributed by atoms with Crippen molar-refractivity contribution in [2.75, 3.05) is 16.6 Å². The minimum Gasteiger partial charge on any atom is -0.487 e. The molecule has 0 bridgehead atoms. The number of halogens is 2. The van der Waals surface area contributed by atoms with Crippen LogP contribution in [0.4, 0.5) is 25.8 Å². The van der Waals surface area contributed by atoms with Crippen molar-refractivity contribution in [2.45, 2.75) is 11.8 Å². The molecule has 3 aromatic carbocycles. The van der Waals surface area contributed by atoms with E-state index in [4.69, 9.17) is 4.74 Å². The van der Waals surface area contributed by atoms with Crippen molar-refractivity contribution < 1.29 is 31.7 Å². The Morgan fingerprint density at radius 3 is 2.27 bits per heavy atom. The summed E-state index contributed by atoms with van der Waals surface area (Å²) in [6.07, 6.45) is 0. The molecule has 1 amide bonds. The van der Waals surface area contributed by atoms with Crippen molar-refractivity contribution >= 4 is 33.0 Å². The number of amides is 1. The normalized spacial score (nSPS) is 11.0. The number of sulfonamides is 1. The summed E-state index contributed by atoms with van der Waals surface area (Å²) in [5.74, 6) is -3.06. The molecule has 0 spiro atoms. The van der Waals surface area contributed by atoms with E-state index in [0.717, 1.165) is 12.1 Å². The number of rotatable bonds is 8. The van der Waals surface area contributed by atoms with E-state index in [2.05, 4.69) is 10.0 Å². The topological polar surface area (TPSA) is 128 Å². The molecule has 2 N–H and O–H groups in total. The maximum absolute atomic E-state index is 13.3. The predicted molar refractivity (Wildman–Crippen MR) is 116 cm³/mol. The van der Waals surface area contributed by atoms with E-state index in [1.54, 1.807) is 6.92 Å². The van der Waals surface area contributed by atoms with Gasteiger partial charge in [0.15, 0.2) is 17.4 Å². The second-order valence-electron chi connectivity index (χ2n) is 6.59. The van der Waals surface area contributed by atoms with Gasteiger partial charge in [-0.1, -0.05) is 0 Å². The molecule has 0 saturated carbocycles. The summed E-state index contributed by atoms with van der Waals surface area (Å²) in [5, 5.41) is 13.8. The first kappa shape index (κ1) is 23.6. The van der Waals surface area contributed by atoms with Crippen molar-refractivity contribution in [3.8, 4) is 5.75 Å². The van der Waals surface area contributed by atoms with Crippen molar-refractivity contribution in [1.82, 2.24) is 0 Å². The SMILES string of the molecule is CCOc1ccc(C(=O)Nc2ccc(NS(=O)(=O)c3ccc(F)c(F)c3)cc2)cc1[N+](=O)[O-]. The summed E-state index contributed by atoms with van der Waals surface area (Å²) in [6.45, 7) is 1.89. The molecule has 3 rings (SSSR count). The van der Waals surface area contributed by atoms with Gasteiger partial charge in [0.2, 0.25) is 0 Å². The average molecular weight is 477 g/mol. The van der Waals surface area contributed by atoms with Crippen LogP contribution < -0.4 is 14.8 Å². The lowest BCUT2D eigenvalue weighted by Crippen LogP contribution is -2.14. The van der Waals surface area contributed by atoms with Crippen LogP contribution in [0.25, 0.3) is 0 Å². The molecule has 0 saturated heterocycles. The van der Waals surface area contributed by atoms with E-state index in [1.807, 2.05) is 0 Å². The van der Waals surface area contributed by atoms with E-state index in [0.29, 0.717) is 12.1 Å². The Hall–Kier alpha value is -4.06. The van der Waals surface area contributed by atoms with Crippen LogP contribution in [0.1, 0.15) is 17.3 Å². The maximum atomic E-state index is 13.3. The highest BCUT2D eigenvalue weighted by atomic mass is 32.2. The number of nitro benzene ring substituents is 1. The first-order valence-corrected chi connectivity index (χ1v) is 10.9. The predicted octanol–water partition coefficient (Wildman–Crippen LogP) is 4.32. The lowest BCUT2D eigenvalue weighted by molar-refractivity contribution is -0.385. The third-order valence-corrected chi connectivity index (χ3v) is 5.69. The van der Waals surface area contributed by atoms with E-state index < -0.39 is 37.4 Å². The number of nitro groups is 1. The van der Waals surface area contributed by atoms with Crippen LogP contribution in [0.2, 0.25) is 0 Å². The van der Waals surface area contributed by atoms with E-state index in [-0.39, 0.29) is 35.0 Å². The molecule has 0 unspecified atom stereocenters. The van der Waals surface area contributed by atoms with Crippen LogP contribution in [0, 0.1) is 21.7 Å². The van der Waals surface area contributed by atoms with Crippen LogP contribution in [0.3, 0.4) is 0 Å². The van der Waals surface area contributed by atoms with Crippen LogP contribution in [-0.2, 0) is 10.0 Å². The second kappa shape index (κ2) is 9.61. The number of carbonyl (C=O) groups is 1. The highest BCUT2D eigenvalue weighted by Gasteiger charge is 2.19. The molecule has 0 aliphatic heterocycles. The van der Waals surface area contributed by atoms with E-state index in [9.17, 15) is 32.1 Å². The molecule has 0 heterocycles. The molecular formula is C21H17F2N3O6S. The monoisotopic (exact) mass is 477 g/mol. The van der Waals surface area contributed by atoms with Gasteiger partial charge in [0.25, 0.3) is 15.9 Å². The summed E-state index contributed by atoms with van der Waals surface area (Å²) in [7, 11) is -4.17. The van der Waals surface area contributed by atoms with E-state index in [1.165, 1.54) is 36.4 Å². The lowest BCUT2D eigenvalue weighted by atomic mass is 10.1. The van der Waals surface area contributed by atoms with Gasteiger partial charge >= 0.3 is 5.69 Å². The van der Waals surface area contributed by atoms with Gasteiger partial charge in [-0.15, -0.1) is 0 Å². The van der Waals surface area contributed by atoms with Crippen LogP contribution in [-0.4, -0.2) is 25.9 Å². The zero-order valence-electron chi connectivity index (χ0n) is 17.0. The van der Waals surface area contributed by atoms with Crippen molar-refractivity contribution in [1.29, 1.82) is 0 Å². The minimum absolute atomic E-state index is 0.0215. The average Bonchev–Trinajstić information content (AvgIpc) is 2.77. The number of nitrogens with zero attached hydrogens (tertiary/aromatic N) is 1. The summed E-state index contributed by atoms with van der Waals surface area (Å²) in [6, 6.07) is 11.4. The molecular weight excluding hydrogens is 460 g/mol. The number of benzene rings is 3. The third kappa shape index (κ3) is 5.60. The molecule has 172 valence electrons. The van der Waals surface area contributed by atoms with Gasteiger partial charge in [-0.05, 0) is 61.5 Å². The third-order valence-electron chi connectivity index (χ3n) is 4.31. The minimum atomic E-state index is -4.17. The van der Waals surface area contributed by atoms with Crippen LogP contribution in [0.5, 0.6) is 5.75 Å². The number of hydrogen-bond acceptors (Lipinski definition) is 6. The molecule has 0 fully saturated rings. The molecule has 3 aromatic rings. The zero-order valence-corrected chi connectivity index (χ0v) is 17.9. The number of nitrogens with one attached hydrogen (secondary N) is 2.